The van der Waals surface area contributed by atoms with Gasteiger partial charge in [0.2, 0.25) is 0 Å². The van der Waals surface area contributed by atoms with Crippen molar-refractivity contribution < 1.29 is 14.3 Å². The first kappa shape index (κ1) is 12.5. The van der Waals surface area contributed by atoms with E-state index in [9.17, 15) is 4.79 Å². The number of ether oxygens (including phenoxy) is 2. The molecule has 0 aliphatic carbocycles. The molecule has 1 aromatic rings. The molecule has 1 N–H and O–H groups in total. The summed E-state index contributed by atoms with van der Waals surface area (Å²) in [6, 6.07) is 5.32. The van der Waals surface area contributed by atoms with Crippen LogP contribution in [0.25, 0.3) is 0 Å². The zero-order valence-corrected chi connectivity index (χ0v) is 9.87. The molecule has 0 saturated carbocycles. The third kappa shape index (κ3) is 2.73. The molecule has 0 aliphatic rings. The maximum atomic E-state index is 12.0. The van der Waals surface area contributed by atoms with Crippen LogP contribution in [0.2, 0.25) is 0 Å². The first-order chi connectivity index (χ1) is 7.74. The molecule has 0 atom stereocenters. The molecule has 0 saturated heterocycles. The van der Waals surface area contributed by atoms with Crippen molar-refractivity contribution >= 4 is 5.78 Å². The Hall–Kier alpha value is -1.55. The maximum Gasteiger partial charge on any atom is 0.171 e. The van der Waals surface area contributed by atoms with Gasteiger partial charge in [0.05, 0.1) is 14.2 Å². The van der Waals surface area contributed by atoms with Crippen molar-refractivity contribution in [3.05, 3.63) is 23.8 Å². The van der Waals surface area contributed by atoms with Crippen molar-refractivity contribution in [1.29, 1.82) is 0 Å². The molecule has 4 nitrogen and oxygen atoms in total. The Morgan fingerprint density at radius 3 is 2.25 bits per heavy atom. The van der Waals surface area contributed by atoms with E-state index in [-0.39, 0.29) is 5.78 Å². The molecule has 16 heavy (non-hydrogen) atoms. The largest absolute Gasteiger partial charge is 0.496 e. The van der Waals surface area contributed by atoms with E-state index in [1.807, 2.05) is 7.05 Å². The minimum absolute atomic E-state index is 0.0173. The molecule has 0 fully saturated rings. The number of ketones is 1. The topological polar surface area (TPSA) is 47.6 Å². The molecule has 0 aromatic heterocycles. The van der Waals surface area contributed by atoms with Crippen LogP contribution in [0.4, 0.5) is 0 Å². The van der Waals surface area contributed by atoms with E-state index in [4.69, 9.17) is 9.47 Å². The number of Topliss-reactive ketones (excluding diaryl/α,β-unsaturated/α-hetero) is 1. The number of carbonyl (C=O) groups excluding carboxylic acids is 1. The molecule has 0 unspecified atom stereocenters. The van der Waals surface area contributed by atoms with Crippen LogP contribution in [0.5, 0.6) is 11.5 Å². The summed E-state index contributed by atoms with van der Waals surface area (Å²) >= 11 is 0. The fraction of sp³-hybridized carbons (Fsp3) is 0.417. The monoisotopic (exact) mass is 223 g/mol. The van der Waals surface area contributed by atoms with Gasteiger partial charge in [0, 0.05) is 13.0 Å². The third-order valence-electron chi connectivity index (χ3n) is 2.31. The minimum Gasteiger partial charge on any atom is -0.496 e. The Morgan fingerprint density at radius 2 is 1.81 bits per heavy atom. The van der Waals surface area contributed by atoms with Crippen LogP contribution >= 0.6 is 0 Å². The molecule has 4 heteroatoms. The van der Waals surface area contributed by atoms with Crippen molar-refractivity contribution in [2.75, 3.05) is 27.8 Å². The zero-order valence-electron chi connectivity index (χ0n) is 9.87. The van der Waals surface area contributed by atoms with E-state index in [1.54, 1.807) is 32.4 Å². The lowest BCUT2D eigenvalue weighted by molar-refractivity contribution is 0.0977. The van der Waals surface area contributed by atoms with Crippen molar-refractivity contribution in [3.8, 4) is 11.5 Å². The summed E-state index contributed by atoms with van der Waals surface area (Å²) in [6.45, 7) is 0.639. The molecule has 0 aliphatic heterocycles. The van der Waals surface area contributed by atoms with Gasteiger partial charge in [-0.15, -0.1) is 0 Å². The van der Waals surface area contributed by atoms with Gasteiger partial charge in [-0.1, -0.05) is 6.07 Å². The van der Waals surface area contributed by atoms with E-state index in [1.165, 1.54) is 0 Å². The van der Waals surface area contributed by atoms with Gasteiger partial charge in [-0.25, -0.2) is 0 Å². The Morgan fingerprint density at radius 1 is 1.25 bits per heavy atom. The summed E-state index contributed by atoms with van der Waals surface area (Å²) in [5, 5.41) is 2.94. The van der Waals surface area contributed by atoms with Gasteiger partial charge in [-0.2, -0.15) is 0 Å². The summed E-state index contributed by atoms with van der Waals surface area (Å²) in [6.07, 6.45) is 0.424. The Balaban J connectivity index is 3.03. The number of carbonyl (C=O) groups is 1. The summed E-state index contributed by atoms with van der Waals surface area (Å²) < 4.78 is 10.3. The second-order valence-electron chi connectivity index (χ2n) is 3.31. The van der Waals surface area contributed by atoms with Crippen LogP contribution in [0.1, 0.15) is 16.8 Å². The molecule has 0 bridgehead atoms. The van der Waals surface area contributed by atoms with Crippen LogP contribution < -0.4 is 14.8 Å². The fourth-order valence-electron chi connectivity index (χ4n) is 1.49. The molecular formula is C12H17NO3. The van der Waals surface area contributed by atoms with Gasteiger partial charge in [-0.05, 0) is 19.2 Å². The van der Waals surface area contributed by atoms with Gasteiger partial charge < -0.3 is 14.8 Å². The second-order valence-corrected chi connectivity index (χ2v) is 3.31. The Kier molecular flexibility index (Phi) is 4.79. The first-order valence-electron chi connectivity index (χ1n) is 5.13. The summed E-state index contributed by atoms with van der Waals surface area (Å²) in [5.41, 5.74) is 0.516. The van der Waals surface area contributed by atoms with Gasteiger partial charge in [0.1, 0.15) is 17.1 Å². The summed E-state index contributed by atoms with van der Waals surface area (Å²) in [4.78, 5) is 12.0. The van der Waals surface area contributed by atoms with Crippen LogP contribution in [0, 0.1) is 0 Å². The second kappa shape index (κ2) is 6.12. The maximum absolute atomic E-state index is 12.0. The number of hydrogen-bond acceptors (Lipinski definition) is 4. The van der Waals surface area contributed by atoms with Crippen molar-refractivity contribution in [1.82, 2.24) is 5.32 Å². The molecular weight excluding hydrogens is 206 g/mol. The minimum atomic E-state index is 0.0173. The Labute approximate surface area is 95.6 Å². The number of nitrogens with one attached hydrogen (secondary N) is 1. The van der Waals surface area contributed by atoms with Gasteiger partial charge >= 0.3 is 0 Å². The highest BCUT2D eigenvalue weighted by molar-refractivity contribution is 6.01. The number of rotatable bonds is 6. The Bertz CT molecular complexity index is 341. The molecule has 1 rings (SSSR count). The smallest absolute Gasteiger partial charge is 0.171 e. The predicted octanol–water partition coefficient (Wildman–Crippen LogP) is 1.50. The SMILES string of the molecule is CNCCC(=O)c1c(OC)cccc1OC. The lowest BCUT2D eigenvalue weighted by Crippen LogP contribution is -2.14. The van der Waals surface area contributed by atoms with E-state index < -0.39 is 0 Å². The summed E-state index contributed by atoms with van der Waals surface area (Å²) in [7, 11) is 4.90. The van der Waals surface area contributed by atoms with Gasteiger partial charge in [-0.3, -0.25) is 4.79 Å². The van der Waals surface area contributed by atoms with Crippen molar-refractivity contribution in [2.45, 2.75) is 6.42 Å². The third-order valence-corrected chi connectivity index (χ3v) is 2.31. The fourth-order valence-corrected chi connectivity index (χ4v) is 1.49. The first-order valence-corrected chi connectivity index (χ1v) is 5.13. The summed E-state index contributed by atoms with van der Waals surface area (Å²) in [5.74, 6) is 1.13. The lowest BCUT2D eigenvalue weighted by atomic mass is 10.1. The van der Waals surface area contributed by atoms with Crippen molar-refractivity contribution in [2.24, 2.45) is 0 Å². The van der Waals surface area contributed by atoms with Gasteiger partial charge in [0.25, 0.3) is 0 Å². The van der Waals surface area contributed by atoms with Crippen LogP contribution in [0.3, 0.4) is 0 Å². The van der Waals surface area contributed by atoms with E-state index >= 15 is 0 Å². The highest BCUT2D eigenvalue weighted by atomic mass is 16.5. The van der Waals surface area contributed by atoms with E-state index in [0.717, 1.165) is 0 Å². The normalized spacial score (nSPS) is 9.94. The molecule has 0 amide bonds. The molecule has 0 radical (unpaired) electrons. The quantitative estimate of drug-likeness (QED) is 0.742. The molecule has 1 aromatic carbocycles. The van der Waals surface area contributed by atoms with Gasteiger partial charge in [0.15, 0.2) is 5.78 Å². The van der Waals surface area contributed by atoms with Crippen molar-refractivity contribution in [3.63, 3.8) is 0 Å². The van der Waals surface area contributed by atoms with Crippen LogP contribution in [0.15, 0.2) is 18.2 Å². The predicted molar refractivity (Wildman–Crippen MR) is 62.4 cm³/mol. The lowest BCUT2D eigenvalue weighted by Gasteiger charge is -2.11. The average Bonchev–Trinajstić information content (AvgIpc) is 2.34. The highest BCUT2D eigenvalue weighted by Gasteiger charge is 2.17. The standard InChI is InChI=1S/C12H17NO3/c1-13-8-7-9(14)12-10(15-2)5-4-6-11(12)16-3/h4-6,13H,7-8H2,1-3H3. The number of benzene rings is 1. The van der Waals surface area contributed by atoms with Crippen LogP contribution in [-0.4, -0.2) is 33.6 Å². The van der Waals surface area contributed by atoms with E-state index in [2.05, 4.69) is 5.32 Å². The molecule has 0 spiro atoms. The molecule has 88 valence electrons. The average molecular weight is 223 g/mol. The number of hydrogen-bond donors (Lipinski definition) is 1. The van der Waals surface area contributed by atoms with Crippen LogP contribution in [-0.2, 0) is 0 Å². The molecule has 0 heterocycles. The van der Waals surface area contributed by atoms with E-state index in [0.29, 0.717) is 30.0 Å². The highest BCUT2D eigenvalue weighted by Crippen LogP contribution is 2.29. The number of methoxy groups -OCH3 is 2. The zero-order chi connectivity index (χ0) is 12.0.